The van der Waals surface area contributed by atoms with Crippen LogP contribution in [-0.2, 0) is 13.6 Å². The van der Waals surface area contributed by atoms with Crippen LogP contribution >= 0.6 is 0 Å². The van der Waals surface area contributed by atoms with Gasteiger partial charge >= 0.3 is 5.69 Å². The maximum Gasteiger partial charge on any atom is 0.329 e. The topological polar surface area (TPSA) is 183 Å². The summed E-state index contributed by atoms with van der Waals surface area (Å²) in [5.41, 5.74) is 1.10. The molecule has 0 radical (unpaired) electrons. The highest BCUT2D eigenvalue weighted by atomic mass is 16.6. The Bertz CT molecular complexity index is 1130. The molecule has 2 heterocycles. The van der Waals surface area contributed by atoms with E-state index in [0.29, 0.717) is 5.75 Å². The van der Waals surface area contributed by atoms with Crippen LogP contribution in [0, 0.1) is 10.1 Å². The number of imidazole rings is 1. The van der Waals surface area contributed by atoms with E-state index in [1.807, 2.05) is 0 Å². The Hall–Kier alpha value is -3.71. The van der Waals surface area contributed by atoms with E-state index in [1.165, 1.54) is 35.9 Å². The van der Waals surface area contributed by atoms with Crippen molar-refractivity contribution in [2.45, 2.75) is 12.6 Å². The lowest BCUT2D eigenvalue weighted by atomic mass is 10.3. The first-order valence-corrected chi connectivity index (χ1v) is 8.03. The molecule has 3 aromatic rings. The summed E-state index contributed by atoms with van der Waals surface area (Å²) < 4.78 is 7.89. The predicted octanol–water partition coefficient (Wildman–Crippen LogP) is -0.943. The summed E-state index contributed by atoms with van der Waals surface area (Å²) >= 11 is 0. The van der Waals surface area contributed by atoms with Gasteiger partial charge in [-0.05, 0) is 12.1 Å². The fraction of sp³-hybridized carbons (Fsp3) is 0.267. The molecule has 0 spiro atoms. The van der Waals surface area contributed by atoms with Crippen LogP contribution in [0.5, 0.6) is 5.75 Å². The van der Waals surface area contributed by atoms with Crippen LogP contribution in [0.1, 0.15) is 0 Å². The minimum atomic E-state index is -1.07. The molecule has 0 fully saturated rings. The second-order valence-corrected chi connectivity index (χ2v) is 5.90. The van der Waals surface area contributed by atoms with Gasteiger partial charge in [-0.25, -0.2) is 10.6 Å². The number of ether oxygens (including phenoxy) is 1. The van der Waals surface area contributed by atoms with Crippen LogP contribution in [0.3, 0.4) is 0 Å². The van der Waals surface area contributed by atoms with Crippen LogP contribution in [0.15, 0.2) is 33.9 Å². The standard InChI is InChI=1S/C15H17N7O6/c1-20-12-11(13(24)18-15(20)25)21(14(17-12)19-16)6-9(23)7-28-10-4-2-8(3-5-10)22(26)27/h2-5,9,23H,6-7,16H2,1H3,(H,17,19)(H,18,24,25). The average Bonchev–Trinajstić information content (AvgIpc) is 3.03. The van der Waals surface area contributed by atoms with Crippen molar-refractivity contribution in [3.05, 3.63) is 55.2 Å². The quantitative estimate of drug-likeness (QED) is 0.224. The number of hydrogen-bond donors (Lipinski definition) is 4. The molecular weight excluding hydrogens is 374 g/mol. The van der Waals surface area contributed by atoms with Gasteiger partial charge in [0, 0.05) is 19.2 Å². The van der Waals surface area contributed by atoms with Crippen molar-refractivity contribution in [3.63, 3.8) is 0 Å². The number of aliphatic hydroxyl groups excluding tert-OH is 1. The zero-order valence-corrected chi connectivity index (χ0v) is 14.7. The minimum absolute atomic E-state index is 0.0597. The van der Waals surface area contributed by atoms with Crippen molar-refractivity contribution in [2.24, 2.45) is 12.9 Å². The summed E-state index contributed by atoms with van der Waals surface area (Å²) in [6.45, 7) is -0.268. The molecule has 2 aromatic heterocycles. The third-order valence-electron chi connectivity index (χ3n) is 4.02. The number of aryl methyl sites for hydroxylation is 1. The molecule has 0 aliphatic carbocycles. The zero-order valence-electron chi connectivity index (χ0n) is 14.7. The lowest BCUT2D eigenvalue weighted by Gasteiger charge is -2.15. The van der Waals surface area contributed by atoms with E-state index < -0.39 is 22.3 Å². The van der Waals surface area contributed by atoms with Crippen molar-refractivity contribution in [2.75, 3.05) is 12.0 Å². The molecule has 1 atom stereocenters. The molecule has 1 unspecified atom stereocenters. The number of nitro groups is 1. The zero-order chi connectivity index (χ0) is 20.4. The molecule has 13 nitrogen and oxygen atoms in total. The van der Waals surface area contributed by atoms with Crippen LogP contribution in [-0.4, -0.2) is 41.8 Å². The molecule has 28 heavy (non-hydrogen) atoms. The first kappa shape index (κ1) is 19.1. The average molecular weight is 391 g/mol. The fourth-order valence-corrected chi connectivity index (χ4v) is 2.64. The highest BCUT2D eigenvalue weighted by Gasteiger charge is 2.19. The number of fused-ring (bicyclic) bond motifs is 1. The largest absolute Gasteiger partial charge is 0.491 e. The Kier molecular flexibility index (Phi) is 5.10. The smallest absolute Gasteiger partial charge is 0.329 e. The van der Waals surface area contributed by atoms with Gasteiger partial charge in [0.2, 0.25) is 5.95 Å². The highest BCUT2D eigenvalue weighted by Crippen LogP contribution is 2.18. The molecule has 148 valence electrons. The summed E-state index contributed by atoms with van der Waals surface area (Å²) in [6.07, 6.45) is -1.07. The van der Waals surface area contributed by atoms with Gasteiger partial charge in [0.1, 0.15) is 18.5 Å². The number of nitrogens with one attached hydrogen (secondary N) is 2. The van der Waals surface area contributed by atoms with Gasteiger partial charge in [0.25, 0.3) is 11.2 Å². The van der Waals surface area contributed by atoms with E-state index in [2.05, 4.69) is 15.4 Å². The van der Waals surface area contributed by atoms with Gasteiger partial charge in [0.05, 0.1) is 11.5 Å². The van der Waals surface area contributed by atoms with Crippen molar-refractivity contribution in [1.29, 1.82) is 0 Å². The van der Waals surface area contributed by atoms with Gasteiger partial charge in [-0.15, -0.1) is 0 Å². The molecule has 0 saturated heterocycles. The number of non-ortho nitro benzene ring substituents is 1. The van der Waals surface area contributed by atoms with E-state index in [4.69, 9.17) is 10.6 Å². The number of anilines is 1. The summed E-state index contributed by atoms with van der Waals surface area (Å²) in [4.78, 5) is 40.3. The van der Waals surface area contributed by atoms with E-state index in [1.54, 1.807) is 0 Å². The number of rotatable bonds is 7. The number of nitrogens with zero attached hydrogens (tertiary/aromatic N) is 4. The fourth-order valence-electron chi connectivity index (χ4n) is 2.64. The number of aromatic nitrogens is 4. The van der Waals surface area contributed by atoms with Crippen molar-refractivity contribution in [3.8, 4) is 5.75 Å². The Morgan fingerprint density at radius 3 is 2.68 bits per heavy atom. The summed E-state index contributed by atoms with van der Waals surface area (Å²) in [5.74, 6) is 5.84. The van der Waals surface area contributed by atoms with Crippen molar-refractivity contribution < 1.29 is 14.8 Å². The normalized spacial score (nSPS) is 12.1. The number of nitro benzene ring substituents is 1. The molecule has 5 N–H and O–H groups in total. The maximum atomic E-state index is 12.2. The van der Waals surface area contributed by atoms with Crippen LogP contribution < -0.4 is 27.3 Å². The van der Waals surface area contributed by atoms with Crippen molar-refractivity contribution >= 4 is 22.8 Å². The lowest BCUT2D eigenvalue weighted by Crippen LogP contribution is -2.31. The number of H-pyrrole nitrogens is 1. The predicted molar refractivity (Wildman–Crippen MR) is 98.0 cm³/mol. The Morgan fingerprint density at radius 1 is 1.39 bits per heavy atom. The second-order valence-electron chi connectivity index (χ2n) is 5.90. The number of benzene rings is 1. The van der Waals surface area contributed by atoms with Gasteiger partial charge in [-0.3, -0.25) is 29.9 Å². The molecule has 0 bridgehead atoms. The Labute approximate surface area is 156 Å². The summed E-state index contributed by atoms with van der Waals surface area (Å²) in [7, 11) is 1.44. The van der Waals surface area contributed by atoms with Gasteiger partial charge in [-0.2, -0.15) is 4.98 Å². The molecular formula is C15H17N7O6. The first-order chi connectivity index (χ1) is 13.3. The third kappa shape index (κ3) is 3.56. The summed E-state index contributed by atoms with van der Waals surface area (Å²) in [5, 5.41) is 20.9. The highest BCUT2D eigenvalue weighted by molar-refractivity contribution is 5.74. The summed E-state index contributed by atoms with van der Waals surface area (Å²) in [6, 6.07) is 5.37. The number of aliphatic hydroxyl groups is 1. The third-order valence-corrected chi connectivity index (χ3v) is 4.02. The van der Waals surface area contributed by atoms with Gasteiger partial charge in [0.15, 0.2) is 11.2 Å². The number of hydrogen-bond acceptors (Lipinski definition) is 9. The van der Waals surface area contributed by atoms with Gasteiger partial charge < -0.3 is 14.4 Å². The molecule has 0 saturated carbocycles. The molecule has 13 heteroatoms. The molecule has 0 aliphatic rings. The molecule has 1 aromatic carbocycles. The van der Waals surface area contributed by atoms with Crippen LogP contribution in [0.4, 0.5) is 11.6 Å². The number of nitrogen functional groups attached to an aromatic ring is 1. The minimum Gasteiger partial charge on any atom is -0.491 e. The molecule has 0 amide bonds. The number of hydrazine groups is 1. The Morgan fingerprint density at radius 2 is 2.07 bits per heavy atom. The van der Waals surface area contributed by atoms with Gasteiger partial charge in [-0.1, -0.05) is 0 Å². The monoisotopic (exact) mass is 391 g/mol. The second kappa shape index (κ2) is 7.50. The van der Waals surface area contributed by atoms with E-state index >= 15 is 0 Å². The van der Waals surface area contributed by atoms with E-state index in [-0.39, 0.29) is 36.0 Å². The van der Waals surface area contributed by atoms with E-state index in [9.17, 15) is 24.8 Å². The number of aromatic amines is 1. The maximum absolute atomic E-state index is 12.2. The molecule has 3 rings (SSSR count). The van der Waals surface area contributed by atoms with Crippen molar-refractivity contribution in [1.82, 2.24) is 19.1 Å². The molecule has 0 aliphatic heterocycles. The van der Waals surface area contributed by atoms with E-state index in [0.717, 1.165) is 4.57 Å². The van der Waals surface area contributed by atoms with Crippen LogP contribution in [0.2, 0.25) is 0 Å². The number of nitrogens with two attached hydrogens (primary N) is 1. The lowest BCUT2D eigenvalue weighted by molar-refractivity contribution is -0.384. The van der Waals surface area contributed by atoms with Crippen LogP contribution in [0.25, 0.3) is 11.2 Å². The Balaban J connectivity index is 1.80. The first-order valence-electron chi connectivity index (χ1n) is 8.03. The SMILES string of the molecule is Cn1c(=O)[nH]c(=O)c2c1nc(NN)n2CC(O)COc1ccc([N+](=O)[O-])cc1.